The van der Waals surface area contributed by atoms with Gasteiger partial charge in [0.2, 0.25) is 5.88 Å². The van der Waals surface area contributed by atoms with Crippen molar-refractivity contribution in [1.29, 1.82) is 0 Å². The molecule has 1 fully saturated rings. The lowest BCUT2D eigenvalue weighted by atomic mass is 10.3. The first-order valence-corrected chi connectivity index (χ1v) is 5.33. The van der Waals surface area contributed by atoms with Crippen molar-refractivity contribution < 1.29 is 14.2 Å². The van der Waals surface area contributed by atoms with E-state index in [9.17, 15) is 0 Å². The molecule has 0 bridgehead atoms. The summed E-state index contributed by atoms with van der Waals surface area (Å²) in [6.07, 6.45) is 0.0988. The van der Waals surface area contributed by atoms with E-state index in [0.29, 0.717) is 32.2 Å². The zero-order valence-electron chi connectivity index (χ0n) is 9.31. The van der Waals surface area contributed by atoms with Crippen molar-refractivity contribution in [3.05, 3.63) is 18.2 Å². The van der Waals surface area contributed by atoms with Gasteiger partial charge in [-0.15, -0.1) is 0 Å². The second-order valence-electron chi connectivity index (χ2n) is 3.51. The Kier molecular flexibility index (Phi) is 3.96. The molecule has 88 valence electrons. The number of hydrogen-bond acceptors (Lipinski definition) is 5. The quantitative estimate of drug-likeness (QED) is 0.824. The van der Waals surface area contributed by atoms with Crippen LogP contribution in [-0.2, 0) is 9.47 Å². The van der Waals surface area contributed by atoms with Crippen molar-refractivity contribution in [2.45, 2.75) is 6.10 Å². The van der Waals surface area contributed by atoms with Crippen LogP contribution < -0.4 is 10.1 Å². The van der Waals surface area contributed by atoms with Gasteiger partial charge in [0, 0.05) is 12.6 Å². The number of pyridine rings is 1. The van der Waals surface area contributed by atoms with Gasteiger partial charge in [-0.2, -0.15) is 4.98 Å². The van der Waals surface area contributed by atoms with Crippen LogP contribution in [0.2, 0.25) is 0 Å². The standard InChI is InChI=1S/C11H16N2O3/c1-14-11-4-2-3-10(13-11)12-7-9-8-15-5-6-16-9/h2-4,9H,5-8H2,1H3,(H,12,13). The largest absolute Gasteiger partial charge is 0.481 e. The van der Waals surface area contributed by atoms with Crippen molar-refractivity contribution in [2.75, 3.05) is 38.8 Å². The van der Waals surface area contributed by atoms with Crippen molar-refractivity contribution in [2.24, 2.45) is 0 Å². The summed E-state index contributed by atoms with van der Waals surface area (Å²) in [5.41, 5.74) is 0. The van der Waals surface area contributed by atoms with Crippen LogP contribution >= 0.6 is 0 Å². The molecule has 2 rings (SSSR count). The van der Waals surface area contributed by atoms with Crippen LogP contribution in [0.4, 0.5) is 5.82 Å². The molecular weight excluding hydrogens is 208 g/mol. The zero-order valence-corrected chi connectivity index (χ0v) is 9.31. The molecule has 1 aliphatic heterocycles. The Labute approximate surface area is 94.7 Å². The molecule has 0 amide bonds. The van der Waals surface area contributed by atoms with Gasteiger partial charge in [-0.25, -0.2) is 0 Å². The summed E-state index contributed by atoms with van der Waals surface area (Å²) in [6, 6.07) is 5.60. The Morgan fingerprint density at radius 1 is 1.50 bits per heavy atom. The topological polar surface area (TPSA) is 52.6 Å². The van der Waals surface area contributed by atoms with Crippen LogP contribution in [0.3, 0.4) is 0 Å². The lowest BCUT2D eigenvalue weighted by molar-refractivity contribution is -0.0819. The molecule has 0 aromatic carbocycles. The fraction of sp³-hybridized carbons (Fsp3) is 0.545. The lowest BCUT2D eigenvalue weighted by Gasteiger charge is -2.23. The predicted octanol–water partition coefficient (Wildman–Crippen LogP) is 0.917. The van der Waals surface area contributed by atoms with E-state index < -0.39 is 0 Å². The fourth-order valence-electron chi connectivity index (χ4n) is 1.50. The molecule has 1 unspecified atom stereocenters. The monoisotopic (exact) mass is 224 g/mol. The van der Waals surface area contributed by atoms with Gasteiger partial charge >= 0.3 is 0 Å². The van der Waals surface area contributed by atoms with E-state index in [0.717, 1.165) is 5.82 Å². The van der Waals surface area contributed by atoms with Gasteiger partial charge in [-0.3, -0.25) is 0 Å². The van der Waals surface area contributed by atoms with Crippen LogP contribution in [0.15, 0.2) is 18.2 Å². The van der Waals surface area contributed by atoms with E-state index in [1.165, 1.54) is 0 Å². The number of nitrogens with zero attached hydrogens (tertiary/aromatic N) is 1. The molecule has 0 aliphatic carbocycles. The summed E-state index contributed by atoms with van der Waals surface area (Å²) >= 11 is 0. The normalized spacial score (nSPS) is 20.4. The van der Waals surface area contributed by atoms with E-state index in [1.807, 2.05) is 18.2 Å². The molecule has 5 nitrogen and oxygen atoms in total. The average molecular weight is 224 g/mol. The number of anilines is 1. The van der Waals surface area contributed by atoms with E-state index in [-0.39, 0.29) is 6.10 Å². The van der Waals surface area contributed by atoms with E-state index in [1.54, 1.807) is 7.11 Å². The van der Waals surface area contributed by atoms with Gasteiger partial charge < -0.3 is 19.5 Å². The first kappa shape index (κ1) is 11.2. The van der Waals surface area contributed by atoms with Crippen molar-refractivity contribution >= 4 is 5.82 Å². The summed E-state index contributed by atoms with van der Waals surface area (Å²) in [7, 11) is 1.60. The lowest BCUT2D eigenvalue weighted by Crippen LogP contribution is -2.34. The minimum atomic E-state index is 0.0988. The highest BCUT2D eigenvalue weighted by Gasteiger charge is 2.13. The Morgan fingerprint density at radius 3 is 3.19 bits per heavy atom. The highest BCUT2D eigenvalue weighted by atomic mass is 16.6. The maximum absolute atomic E-state index is 5.51. The molecule has 0 saturated carbocycles. The van der Waals surface area contributed by atoms with E-state index >= 15 is 0 Å². The predicted molar refractivity (Wildman–Crippen MR) is 59.8 cm³/mol. The van der Waals surface area contributed by atoms with Gasteiger partial charge in [0.15, 0.2) is 0 Å². The third-order valence-electron chi connectivity index (χ3n) is 2.33. The Morgan fingerprint density at radius 2 is 2.44 bits per heavy atom. The Bertz CT molecular complexity index is 327. The number of nitrogens with one attached hydrogen (secondary N) is 1. The van der Waals surface area contributed by atoms with Crippen LogP contribution in [-0.4, -0.2) is 44.6 Å². The second-order valence-corrected chi connectivity index (χ2v) is 3.51. The van der Waals surface area contributed by atoms with Crippen LogP contribution in [0.5, 0.6) is 5.88 Å². The first-order chi connectivity index (χ1) is 7.88. The second kappa shape index (κ2) is 5.67. The summed E-state index contributed by atoms with van der Waals surface area (Å²) in [5.74, 6) is 1.39. The molecule has 0 radical (unpaired) electrons. The maximum atomic E-state index is 5.51. The molecule has 1 aromatic heterocycles. The molecule has 1 aliphatic rings. The molecule has 1 N–H and O–H groups in total. The molecule has 16 heavy (non-hydrogen) atoms. The summed E-state index contributed by atoms with van der Waals surface area (Å²) in [5, 5.41) is 3.19. The maximum Gasteiger partial charge on any atom is 0.214 e. The number of aromatic nitrogens is 1. The van der Waals surface area contributed by atoms with Crippen molar-refractivity contribution in [3.8, 4) is 5.88 Å². The minimum Gasteiger partial charge on any atom is -0.481 e. The van der Waals surface area contributed by atoms with Gasteiger partial charge in [0.05, 0.1) is 33.0 Å². The van der Waals surface area contributed by atoms with Crippen LogP contribution in [0.25, 0.3) is 0 Å². The molecular formula is C11H16N2O3. The Hall–Kier alpha value is -1.33. The molecule has 2 heterocycles. The highest BCUT2D eigenvalue weighted by molar-refractivity contribution is 5.37. The Balaban J connectivity index is 1.83. The van der Waals surface area contributed by atoms with E-state index in [4.69, 9.17) is 14.2 Å². The molecule has 1 aromatic rings. The van der Waals surface area contributed by atoms with Crippen LogP contribution in [0.1, 0.15) is 0 Å². The number of ether oxygens (including phenoxy) is 3. The average Bonchev–Trinajstić information content (AvgIpc) is 2.38. The number of hydrogen-bond donors (Lipinski definition) is 1. The fourth-order valence-corrected chi connectivity index (χ4v) is 1.50. The first-order valence-electron chi connectivity index (χ1n) is 5.33. The smallest absolute Gasteiger partial charge is 0.214 e. The SMILES string of the molecule is COc1cccc(NCC2COCCO2)n1. The zero-order chi connectivity index (χ0) is 11.2. The third kappa shape index (κ3) is 3.08. The van der Waals surface area contributed by atoms with Crippen LogP contribution in [0, 0.1) is 0 Å². The van der Waals surface area contributed by atoms with E-state index in [2.05, 4.69) is 10.3 Å². The summed E-state index contributed by atoms with van der Waals surface area (Å²) < 4.78 is 15.9. The minimum absolute atomic E-state index is 0.0988. The van der Waals surface area contributed by atoms with Crippen molar-refractivity contribution in [1.82, 2.24) is 4.98 Å². The molecule has 5 heteroatoms. The summed E-state index contributed by atoms with van der Waals surface area (Å²) in [4.78, 5) is 4.25. The van der Waals surface area contributed by atoms with Crippen molar-refractivity contribution in [3.63, 3.8) is 0 Å². The number of methoxy groups -OCH3 is 1. The number of rotatable bonds is 4. The van der Waals surface area contributed by atoms with Gasteiger partial charge in [-0.05, 0) is 6.07 Å². The third-order valence-corrected chi connectivity index (χ3v) is 2.33. The highest BCUT2D eigenvalue weighted by Crippen LogP contribution is 2.11. The molecule has 1 atom stereocenters. The molecule has 0 spiro atoms. The van der Waals surface area contributed by atoms with Gasteiger partial charge in [0.1, 0.15) is 5.82 Å². The van der Waals surface area contributed by atoms with Gasteiger partial charge in [0.25, 0.3) is 0 Å². The van der Waals surface area contributed by atoms with Gasteiger partial charge in [-0.1, -0.05) is 6.07 Å². The summed E-state index contributed by atoms with van der Waals surface area (Å²) in [6.45, 7) is 2.68. The molecule has 1 saturated heterocycles.